The van der Waals surface area contributed by atoms with Crippen molar-refractivity contribution in [3.8, 4) is 0 Å². The Kier molecular flexibility index (Phi) is 2.04. The van der Waals surface area contributed by atoms with E-state index >= 15 is 0 Å². The van der Waals surface area contributed by atoms with Crippen LogP contribution in [0.2, 0.25) is 0 Å². The van der Waals surface area contributed by atoms with Crippen molar-refractivity contribution in [1.29, 1.82) is 0 Å². The van der Waals surface area contributed by atoms with Gasteiger partial charge in [-0.05, 0) is 18.6 Å². The summed E-state index contributed by atoms with van der Waals surface area (Å²) in [5.41, 5.74) is 1.86. The minimum Gasteiger partial charge on any atom is -0.313 e. The normalized spacial score (nSPS) is 16.3. The minimum atomic E-state index is 0.0783. The second-order valence-electron chi connectivity index (χ2n) is 4.24. The maximum Gasteiger partial charge on any atom is 0.261 e. The highest BCUT2D eigenvalue weighted by atomic mass is 16.1. The third-order valence-electron chi connectivity index (χ3n) is 3.17. The molecule has 0 atom stereocenters. The molecular formula is C12H13N3O. The first kappa shape index (κ1) is 9.54. The van der Waals surface area contributed by atoms with E-state index in [4.69, 9.17) is 0 Å². The molecule has 82 valence electrons. The molecule has 0 bridgehead atoms. The molecular weight excluding hydrogens is 202 g/mol. The Labute approximate surface area is 92.9 Å². The SMILES string of the molecule is Cc1cccc2ncn(C3CNC3)c(=O)c12. The first-order valence-corrected chi connectivity index (χ1v) is 5.44. The molecule has 1 aromatic heterocycles. The van der Waals surface area contributed by atoms with Crippen LogP contribution < -0.4 is 10.9 Å². The molecule has 4 nitrogen and oxygen atoms in total. The lowest BCUT2D eigenvalue weighted by Crippen LogP contribution is -2.47. The third kappa shape index (κ3) is 1.27. The molecule has 0 amide bonds. The van der Waals surface area contributed by atoms with Gasteiger partial charge in [0.15, 0.2) is 0 Å². The van der Waals surface area contributed by atoms with Gasteiger partial charge < -0.3 is 5.32 Å². The second-order valence-corrected chi connectivity index (χ2v) is 4.24. The molecule has 2 aromatic rings. The van der Waals surface area contributed by atoms with Crippen LogP contribution in [0.5, 0.6) is 0 Å². The van der Waals surface area contributed by atoms with Gasteiger partial charge in [0.25, 0.3) is 5.56 Å². The van der Waals surface area contributed by atoms with Gasteiger partial charge in [-0.1, -0.05) is 12.1 Å². The van der Waals surface area contributed by atoms with Gasteiger partial charge in [0.05, 0.1) is 23.3 Å². The Morgan fingerprint density at radius 3 is 2.94 bits per heavy atom. The maximum atomic E-state index is 12.3. The Morgan fingerprint density at radius 2 is 2.25 bits per heavy atom. The fraction of sp³-hybridized carbons (Fsp3) is 0.333. The molecule has 1 aliphatic heterocycles. The lowest BCUT2D eigenvalue weighted by atomic mass is 10.1. The van der Waals surface area contributed by atoms with Gasteiger partial charge in [0.2, 0.25) is 0 Å². The molecule has 0 unspecified atom stereocenters. The van der Waals surface area contributed by atoms with Crippen molar-refractivity contribution < 1.29 is 0 Å². The lowest BCUT2D eigenvalue weighted by molar-refractivity contribution is 0.334. The van der Waals surface area contributed by atoms with E-state index in [-0.39, 0.29) is 11.6 Å². The average Bonchev–Trinajstić information content (AvgIpc) is 2.19. The van der Waals surface area contributed by atoms with Gasteiger partial charge in [-0.3, -0.25) is 9.36 Å². The third-order valence-corrected chi connectivity index (χ3v) is 3.17. The van der Waals surface area contributed by atoms with Crippen LogP contribution in [-0.2, 0) is 0 Å². The monoisotopic (exact) mass is 215 g/mol. The number of fused-ring (bicyclic) bond motifs is 1. The fourth-order valence-corrected chi connectivity index (χ4v) is 2.07. The quantitative estimate of drug-likeness (QED) is 0.767. The zero-order valence-corrected chi connectivity index (χ0v) is 9.10. The maximum absolute atomic E-state index is 12.3. The molecule has 1 aromatic carbocycles. The number of benzene rings is 1. The van der Waals surface area contributed by atoms with E-state index in [1.54, 1.807) is 10.9 Å². The molecule has 1 N–H and O–H groups in total. The van der Waals surface area contributed by atoms with Crippen LogP contribution in [0.3, 0.4) is 0 Å². The van der Waals surface area contributed by atoms with Gasteiger partial charge in [-0.25, -0.2) is 4.98 Å². The Morgan fingerprint density at radius 1 is 1.44 bits per heavy atom. The fourth-order valence-electron chi connectivity index (χ4n) is 2.07. The standard InChI is InChI=1S/C12H13N3O/c1-8-3-2-4-10-11(8)12(16)15(7-14-10)9-5-13-6-9/h2-4,7,9,13H,5-6H2,1H3. The van der Waals surface area contributed by atoms with Gasteiger partial charge in [-0.2, -0.15) is 0 Å². The largest absolute Gasteiger partial charge is 0.313 e. The molecule has 16 heavy (non-hydrogen) atoms. The Bertz CT molecular complexity index is 599. The summed E-state index contributed by atoms with van der Waals surface area (Å²) >= 11 is 0. The van der Waals surface area contributed by atoms with E-state index in [0.29, 0.717) is 0 Å². The Balaban J connectivity index is 2.30. The van der Waals surface area contributed by atoms with Crippen LogP contribution in [0.25, 0.3) is 10.9 Å². The van der Waals surface area contributed by atoms with Gasteiger partial charge in [-0.15, -0.1) is 0 Å². The van der Waals surface area contributed by atoms with Crippen molar-refractivity contribution >= 4 is 10.9 Å². The van der Waals surface area contributed by atoms with Crippen LogP contribution in [-0.4, -0.2) is 22.6 Å². The van der Waals surface area contributed by atoms with Crippen molar-refractivity contribution in [2.75, 3.05) is 13.1 Å². The first-order valence-electron chi connectivity index (χ1n) is 5.44. The number of hydrogen-bond acceptors (Lipinski definition) is 3. The van der Waals surface area contributed by atoms with E-state index in [1.165, 1.54) is 0 Å². The van der Waals surface area contributed by atoms with E-state index in [0.717, 1.165) is 29.6 Å². The summed E-state index contributed by atoms with van der Waals surface area (Å²) in [7, 11) is 0. The van der Waals surface area contributed by atoms with Crippen LogP contribution >= 0.6 is 0 Å². The summed E-state index contributed by atoms with van der Waals surface area (Å²) in [6.07, 6.45) is 1.66. The number of aromatic nitrogens is 2. The van der Waals surface area contributed by atoms with Crippen molar-refractivity contribution in [2.45, 2.75) is 13.0 Å². The molecule has 0 aliphatic carbocycles. The zero-order chi connectivity index (χ0) is 11.1. The number of aryl methyl sites for hydroxylation is 1. The molecule has 3 rings (SSSR count). The van der Waals surface area contributed by atoms with Gasteiger partial charge >= 0.3 is 0 Å². The van der Waals surface area contributed by atoms with Crippen molar-refractivity contribution in [3.63, 3.8) is 0 Å². The number of rotatable bonds is 1. The summed E-state index contributed by atoms with van der Waals surface area (Å²) in [5.74, 6) is 0. The molecule has 1 aliphatic rings. The van der Waals surface area contributed by atoms with Gasteiger partial charge in [0.1, 0.15) is 0 Å². The van der Waals surface area contributed by atoms with Crippen molar-refractivity contribution in [2.24, 2.45) is 0 Å². The Hall–Kier alpha value is -1.68. The first-order chi connectivity index (χ1) is 7.77. The summed E-state index contributed by atoms with van der Waals surface area (Å²) in [4.78, 5) is 16.6. The van der Waals surface area contributed by atoms with Crippen molar-refractivity contribution in [1.82, 2.24) is 14.9 Å². The minimum absolute atomic E-state index is 0.0783. The van der Waals surface area contributed by atoms with Crippen LogP contribution in [0, 0.1) is 6.92 Å². The predicted molar refractivity (Wildman–Crippen MR) is 62.6 cm³/mol. The number of hydrogen-bond donors (Lipinski definition) is 1. The summed E-state index contributed by atoms with van der Waals surface area (Å²) in [6, 6.07) is 6.03. The second kappa shape index (κ2) is 3.42. The highest BCUT2D eigenvalue weighted by molar-refractivity contribution is 5.80. The molecule has 1 saturated heterocycles. The zero-order valence-electron chi connectivity index (χ0n) is 9.10. The van der Waals surface area contributed by atoms with Crippen LogP contribution in [0.4, 0.5) is 0 Å². The molecule has 0 radical (unpaired) electrons. The number of nitrogens with one attached hydrogen (secondary N) is 1. The highest BCUT2D eigenvalue weighted by Crippen LogP contribution is 2.14. The molecule has 0 saturated carbocycles. The molecule has 2 heterocycles. The summed E-state index contributed by atoms with van der Waals surface area (Å²) in [6.45, 7) is 3.67. The van der Waals surface area contributed by atoms with E-state index in [1.807, 2.05) is 25.1 Å². The molecule has 0 spiro atoms. The van der Waals surface area contributed by atoms with E-state index < -0.39 is 0 Å². The van der Waals surface area contributed by atoms with Crippen LogP contribution in [0.1, 0.15) is 11.6 Å². The smallest absolute Gasteiger partial charge is 0.261 e. The van der Waals surface area contributed by atoms with Gasteiger partial charge in [0, 0.05) is 13.1 Å². The molecule has 4 heteroatoms. The lowest BCUT2D eigenvalue weighted by Gasteiger charge is -2.28. The highest BCUT2D eigenvalue weighted by Gasteiger charge is 2.20. The van der Waals surface area contributed by atoms with E-state index in [9.17, 15) is 4.79 Å². The summed E-state index contributed by atoms with van der Waals surface area (Å²) in [5, 5.41) is 3.91. The number of nitrogens with zero attached hydrogens (tertiary/aromatic N) is 2. The average molecular weight is 215 g/mol. The van der Waals surface area contributed by atoms with Crippen LogP contribution in [0.15, 0.2) is 29.3 Å². The van der Waals surface area contributed by atoms with E-state index in [2.05, 4.69) is 10.3 Å². The molecule has 1 fully saturated rings. The summed E-state index contributed by atoms with van der Waals surface area (Å²) < 4.78 is 1.74. The van der Waals surface area contributed by atoms with Crippen molar-refractivity contribution in [3.05, 3.63) is 40.4 Å². The topological polar surface area (TPSA) is 46.9 Å². The predicted octanol–water partition coefficient (Wildman–Crippen LogP) is 0.849.